The standard InChI is InChI=1S/C49H89N3O14Si3/c1-36(2)42(55)61-24-23-60-41(54)18-19-48(9)30-39(29-46(5,6)33-48)52-45(58)64-22-21-59-20-17-27-67(11,12)65-69(15,16)66-68(13,14)32-40(53)51-38-28-47(7,8)34-49(10,31-38)35-50-44(57)63-26-25-62-43(56)37(3)4/h38-39H,1,3,17-35H2,2,4-16H3,(H,50,57)(H,51,53)(H,52,58). The lowest BCUT2D eigenvalue weighted by Gasteiger charge is -2.47. The van der Waals surface area contributed by atoms with E-state index in [2.05, 4.69) is 110 Å². The largest absolute Gasteiger partial charge is 0.462 e. The molecule has 17 nitrogen and oxygen atoms in total. The van der Waals surface area contributed by atoms with Crippen LogP contribution in [0, 0.1) is 21.7 Å². The van der Waals surface area contributed by atoms with Crippen LogP contribution in [-0.2, 0) is 55.8 Å². The van der Waals surface area contributed by atoms with Gasteiger partial charge in [-0.3, -0.25) is 9.59 Å². The Labute approximate surface area is 416 Å². The van der Waals surface area contributed by atoms with Crippen molar-refractivity contribution in [3.05, 3.63) is 24.3 Å². The van der Waals surface area contributed by atoms with E-state index in [-0.39, 0.29) is 103 Å². The molecule has 4 unspecified atom stereocenters. The van der Waals surface area contributed by atoms with E-state index >= 15 is 0 Å². The van der Waals surface area contributed by atoms with Gasteiger partial charge < -0.3 is 52.6 Å². The fourth-order valence-corrected chi connectivity index (χ4v) is 24.4. The van der Waals surface area contributed by atoms with Crippen LogP contribution in [0.25, 0.3) is 0 Å². The monoisotopic (exact) mass is 1030 g/mol. The van der Waals surface area contributed by atoms with Gasteiger partial charge in [-0.15, -0.1) is 0 Å². The third-order valence-electron chi connectivity index (χ3n) is 12.2. The quantitative estimate of drug-likeness (QED) is 0.0220. The minimum absolute atomic E-state index is 0.0107. The molecule has 396 valence electrons. The van der Waals surface area contributed by atoms with Gasteiger partial charge in [0, 0.05) is 48.8 Å². The zero-order valence-electron chi connectivity index (χ0n) is 44.7. The predicted octanol–water partition coefficient (Wildman–Crippen LogP) is 8.84. The molecule has 0 radical (unpaired) electrons. The summed E-state index contributed by atoms with van der Waals surface area (Å²) in [5.41, 5.74) is -0.0375. The Morgan fingerprint density at radius 1 is 0.580 bits per heavy atom. The van der Waals surface area contributed by atoms with Gasteiger partial charge in [0.25, 0.3) is 0 Å². The van der Waals surface area contributed by atoms with E-state index in [9.17, 15) is 28.8 Å². The molecule has 2 aliphatic rings. The molecule has 0 saturated heterocycles. The summed E-state index contributed by atoms with van der Waals surface area (Å²) in [4.78, 5) is 74.3. The van der Waals surface area contributed by atoms with Crippen molar-refractivity contribution in [2.24, 2.45) is 21.7 Å². The number of rotatable bonds is 28. The molecule has 0 bridgehead atoms. The lowest BCUT2D eigenvalue weighted by Crippen LogP contribution is -2.54. The van der Waals surface area contributed by atoms with Crippen LogP contribution in [0.1, 0.15) is 113 Å². The summed E-state index contributed by atoms with van der Waals surface area (Å²) >= 11 is 0. The second kappa shape index (κ2) is 26.8. The van der Waals surface area contributed by atoms with Crippen molar-refractivity contribution in [2.75, 3.05) is 52.8 Å². The molecule has 3 amide bonds. The summed E-state index contributed by atoms with van der Waals surface area (Å²) in [5.74, 6) is -1.45. The molecule has 0 aromatic rings. The first-order valence-electron chi connectivity index (χ1n) is 24.6. The smallest absolute Gasteiger partial charge is 0.407 e. The van der Waals surface area contributed by atoms with E-state index < -0.39 is 49.3 Å². The molecule has 0 heterocycles. The van der Waals surface area contributed by atoms with E-state index in [1.54, 1.807) is 13.8 Å². The fraction of sp³-hybridized carbons (Fsp3) is 0.796. The van der Waals surface area contributed by atoms with Crippen LogP contribution in [-0.4, -0.2) is 126 Å². The minimum atomic E-state index is -2.62. The lowest BCUT2D eigenvalue weighted by atomic mass is 9.61. The summed E-state index contributed by atoms with van der Waals surface area (Å²) in [6.45, 7) is 36.8. The molecule has 0 aromatic carbocycles. The Bertz CT molecular complexity index is 1790. The highest BCUT2D eigenvalue weighted by Crippen LogP contribution is 2.49. The molecule has 4 atom stereocenters. The number of carbonyl (C=O) groups is 6. The van der Waals surface area contributed by atoms with Crippen LogP contribution in [0.3, 0.4) is 0 Å². The Balaban J connectivity index is 1.72. The highest BCUT2D eigenvalue weighted by atomic mass is 28.5. The van der Waals surface area contributed by atoms with E-state index in [0.29, 0.717) is 38.5 Å². The molecule has 2 rings (SSSR count). The number of hydrogen-bond acceptors (Lipinski definition) is 14. The minimum Gasteiger partial charge on any atom is -0.462 e. The predicted molar refractivity (Wildman–Crippen MR) is 272 cm³/mol. The third kappa shape index (κ3) is 25.9. The molecule has 3 N–H and O–H groups in total. The molecule has 20 heteroatoms. The molecule has 0 aromatic heterocycles. The van der Waals surface area contributed by atoms with Crippen LogP contribution >= 0.6 is 0 Å². The van der Waals surface area contributed by atoms with Gasteiger partial charge in [-0.05, 0) is 132 Å². The second-order valence-electron chi connectivity index (χ2n) is 23.4. The number of alkyl carbamates (subject to hydrolysis) is 2. The zero-order valence-corrected chi connectivity index (χ0v) is 47.7. The maximum atomic E-state index is 13.6. The number of nitrogens with one attached hydrogen (secondary N) is 3. The highest BCUT2D eigenvalue weighted by Gasteiger charge is 2.45. The van der Waals surface area contributed by atoms with Crippen molar-refractivity contribution >= 4 is 61.2 Å². The van der Waals surface area contributed by atoms with E-state index in [4.69, 9.17) is 36.7 Å². The fourth-order valence-electron chi connectivity index (χ4n) is 10.6. The van der Waals surface area contributed by atoms with Crippen LogP contribution < -0.4 is 16.0 Å². The van der Waals surface area contributed by atoms with Gasteiger partial charge in [0.05, 0.1) is 6.61 Å². The molecular weight excluding hydrogens is 939 g/mol. The summed E-state index contributed by atoms with van der Waals surface area (Å²) < 4.78 is 45.3. The van der Waals surface area contributed by atoms with Gasteiger partial charge in [-0.1, -0.05) is 54.7 Å². The lowest BCUT2D eigenvalue weighted by molar-refractivity contribution is -0.150. The van der Waals surface area contributed by atoms with E-state index in [0.717, 1.165) is 38.1 Å². The number of amides is 3. The molecule has 2 fully saturated rings. The van der Waals surface area contributed by atoms with Crippen molar-refractivity contribution < 1.29 is 65.4 Å². The molecule has 2 saturated carbocycles. The number of esters is 3. The zero-order chi connectivity index (χ0) is 52.5. The molecule has 69 heavy (non-hydrogen) atoms. The van der Waals surface area contributed by atoms with E-state index in [1.807, 2.05) is 0 Å². The average Bonchev–Trinajstić information content (AvgIpc) is 3.16. The summed E-state index contributed by atoms with van der Waals surface area (Å²) in [6, 6.07) is 0.969. The van der Waals surface area contributed by atoms with Crippen molar-refractivity contribution in [1.29, 1.82) is 0 Å². The van der Waals surface area contributed by atoms with Crippen molar-refractivity contribution in [2.45, 2.75) is 177 Å². The maximum Gasteiger partial charge on any atom is 0.407 e. The van der Waals surface area contributed by atoms with Crippen molar-refractivity contribution in [3.63, 3.8) is 0 Å². The maximum absolute atomic E-state index is 13.6. The first-order chi connectivity index (χ1) is 31.6. The Hall–Kier alpha value is -3.57. The van der Waals surface area contributed by atoms with Gasteiger partial charge in [-0.25, -0.2) is 19.2 Å². The van der Waals surface area contributed by atoms with Gasteiger partial charge in [-0.2, -0.15) is 0 Å². The van der Waals surface area contributed by atoms with Crippen LogP contribution in [0.5, 0.6) is 0 Å². The first-order valence-corrected chi connectivity index (χ1v) is 33.6. The molecule has 0 aliphatic heterocycles. The van der Waals surface area contributed by atoms with E-state index in [1.165, 1.54) is 0 Å². The Morgan fingerprint density at radius 2 is 1.06 bits per heavy atom. The normalized spacial score (nSPS) is 22.3. The van der Waals surface area contributed by atoms with Crippen molar-refractivity contribution in [1.82, 2.24) is 16.0 Å². The highest BCUT2D eigenvalue weighted by molar-refractivity contribution is 6.88. The first kappa shape index (κ1) is 61.6. The molecule has 0 spiro atoms. The van der Waals surface area contributed by atoms with Crippen LogP contribution in [0.4, 0.5) is 9.59 Å². The molecule has 2 aliphatic carbocycles. The molecular formula is C49H89N3O14Si3. The average molecular weight is 1030 g/mol. The van der Waals surface area contributed by atoms with Gasteiger partial charge in [0.2, 0.25) is 5.91 Å². The topological polar surface area (TPSA) is 212 Å². The Morgan fingerprint density at radius 3 is 1.64 bits per heavy atom. The SMILES string of the molecule is C=C(C)C(=O)OCCOC(=O)CCC1(C)CC(NC(=O)OCCOCCC[Si](C)(C)O[Si](C)(C)O[Si](C)(C)CC(=O)NC2CC(C)(C)CC(C)(CNC(=O)OCCOC(=O)C(=C)C)C2)CC(C)(C)C1. The second-order valence-corrected chi connectivity index (χ2v) is 35.7. The summed E-state index contributed by atoms with van der Waals surface area (Å²) in [5, 5.41) is 9.19. The number of carbonyl (C=O) groups excluding carboxylic acids is 6. The number of hydrogen-bond donors (Lipinski definition) is 3. The Kier molecular flexibility index (Phi) is 23.9. The van der Waals surface area contributed by atoms with Gasteiger partial charge in [0.15, 0.2) is 16.6 Å². The van der Waals surface area contributed by atoms with Gasteiger partial charge in [0.1, 0.15) is 33.0 Å². The summed E-state index contributed by atoms with van der Waals surface area (Å²) in [6.07, 6.45) is 5.29. The van der Waals surface area contributed by atoms with Crippen LogP contribution in [0.2, 0.25) is 51.4 Å². The third-order valence-corrected chi connectivity index (χ3v) is 23.2. The van der Waals surface area contributed by atoms with Gasteiger partial charge >= 0.3 is 38.7 Å². The number of ether oxygens (including phenoxy) is 6. The van der Waals surface area contributed by atoms with Crippen molar-refractivity contribution in [3.8, 4) is 0 Å². The summed E-state index contributed by atoms with van der Waals surface area (Å²) in [7, 11) is -7.27. The van der Waals surface area contributed by atoms with Crippen LogP contribution in [0.15, 0.2) is 24.3 Å².